The molecule has 0 atom stereocenters. The van der Waals surface area contributed by atoms with E-state index in [2.05, 4.69) is 6.58 Å². The maximum Gasteiger partial charge on any atom is 0.154 e. The van der Waals surface area contributed by atoms with Gasteiger partial charge in [-0.05, 0) is 19.2 Å². The van der Waals surface area contributed by atoms with E-state index in [9.17, 15) is 5.11 Å². The van der Waals surface area contributed by atoms with Crippen LogP contribution in [0, 0.1) is 0 Å². The minimum Gasteiger partial charge on any atom is -0.506 e. The molecule has 0 bridgehead atoms. The summed E-state index contributed by atoms with van der Waals surface area (Å²) in [5.74, 6) is 0.792. The van der Waals surface area contributed by atoms with E-state index >= 15 is 0 Å². The zero-order valence-corrected chi connectivity index (χ0v) is 10.6. The summed E-state index contributed by atoms with van der Waals surface area (Å²) in [7, 11) is 0. The fraction of sp³-hybridized carbons (Fsp3) is 0.231. The van der Waals surface area contributed by atoms with E-state index in [0.717, 1.165) is 4.90 Å². The van der Waals surface area contributed by atoms with Gasteiger partial charge in [-0.25, -0.2) is 0 Å². The number of hydrogen-bond donors (Lipinski definition) is 1. The maximum atomic E-state index is 10.1. The number of hydrogen-bond acceptors (Lipinski definition) is 4. The molecule has 1 aromatic carbocycles. The van der Waals surface area contributed by atoms with Crippen LogP contribution in [0.1, 0.15) is 12.5 Å². The van der Waals surface area contributed by atoms with E-state index in [1.54, 1.807) is 18.4 Å². The lowest BCUT2D eigenvalue weighted by molar-refractivity contribution is 0.329. The zero-order chi connectivity index (χ0) is 12.4. The zero-order valence-electron chi connectivity index (χ0n) is 9.82. The van der Waals surface area contributed by atoms with Crippen molar-refractivity contribution in [2.45, 2.75) is 11.8 Å². The number of thioether (sulfide) groups is 1. The average molecular weight is 250 g/mol. The maximum absolute atomic E-state index is 10.1. The molecule has 3 nitrogen and oxygen atoms in total. The van der Waals surface area contributed by atoms with Crippen LogP contribution >= 0.6 is 11.8 Å². The number of furan rings is 1. The molecule has 1 aromatic heterocycles. The van der Waals surface area contributed by atoms with Gasteiger partial charge in [0.2, 0.25) is 0 Å². The van der Waals surface area contributed by atoms with Crippen LogP contribution in [0.2, 0.25) is 0 Å². The Morgan fingerprint density at radius 3 is 2.94 bits per heavy atom. The number of fused-ring (bicyclic) bond motifs is 1. The van der Waals surface area contributed by atoms with Crippen molar-refractivity contribution in [2.24, 2.45) is 0 Å². The standard InChI is InChI=1S/C13H14O3S/c1-4-8-10(14)9-6-7-16-12(9)13(17-3)11(8)15-5-2/h4,6-7,14H,1,5H2,2-3H3. The molecule has 0 radical (unpaired) electrons. The fourth-order valence-corrected chi connectivity index (χ4v) is 2.51. The average Bonchev–Trinajstić information content (AvgIpc) is 2.80. The summed E-state index contributed by atoms with van der Waals surface area (Å²) in [6, 6.07) is 1.74. The SMILES string of the molecule is C=Cc1c(OCC)c(SC)c2occc2c1O. The Labute approximate surface area is 104 Å². The van der Waals surface area contributed by atoms with Crippen molar-refractivity contribution in [1.82, 2.24) is 0 Å². The van der Waals surface area contributed by atoms with Gasteiger partial charge < -0.3 is 14.3 Å². The van der Waals surface area contributed by atoms with Crippen molar-refractivity contribution in [1.29, 1.82) is 0 Å². The Morgan fingerprint density at radius 2 is 2.35 bits per heavy atom. The smallest absolute Gasteiger partial charge is 0.154 e. The normalized spacial score (nSPS) is 10.7. The number of benzene rings is 1. The lowest BCUT2D eigenvalue weighted by Gasteiger charge is -2.14. The highest BCUT2D eigenvalue weighted by atomic mass is 32.2. The van der Waals surface area contributed by atoms with Gasteiger partial charge in [0.25, 0.3) is 0 Å². The molecule has 0 spiro atoms. The molecule has 1 N–H and O–H groups in total. The van der Waals surface area contributed by atoms with Crippen molar-refractivity contribution < 1.29 is 14.3 Å². The monoisotopic (exact) mass is 250 g/mol. The van der Waals surface area contributed by atoms with Gasteiger partial charge in [-0.3, -0.25) is 0 Å². The van der Waals surface area contributed by atoms with E-state index in [0.29, 0.717) is 28.9 Å². The lowest BCUT2D eigenvalue weighted by atomic mass is 10.1. The number of phenols is 1. The quantitative estimate of drug-likeness (QED) is 0.836. The second kappa shape index (κ2) is 4.75. The van der Waals surface area contributed by atoms with Crippen LogP contribution < -0.4 is 4.74 Å². The molecule has 4 heteroatoms. The molecule has 0 fully saturated rings. The summed E-state index contributed by atoms with van der Waals surface area (Å²) in [5.41, 5.74) is 1.27. The number of rotatable bonds is 4. The third kappa shape index (κ3) is 1.78. The molecule has 0 saturated heterocycles. The highest BCUT2D eigenvalue weighted by Crippen LogP contribution is 2.45. The molecular formula is C13H14O3S. The molecule has 2 rings (SSSR count). The summed E-state index contributed by atoms with van der Waals surface area (Å²) >= 11 is 1.53. The van der Waals surface area contributed by atoms with Crippen LogP contribution in [0.4, 0.5) is 0 Å². The van der Waals surface area contributed by atoms with Gasteiger partial charge in [0, 0.05) is 0 Å². The van der Waals surface area contributed by atoms with E-state index in [-0.39, 0.29) is 5.75 Å². The summed E-state index contributed by atoms with van der Waals surface area (Å²) < 4.78 is 11.0. The molecule has 0 aliphatic carbocycles. The summed E-state index contributed by atoms with van der Waals surface area (Å²) in [5, 5.41) is 10.8. The van der Waals surface area contributed by atoms with Crippen molar-refractivity contribution in [3.05, 3.63) is 24.5 Å². The van der Waals surface area contributed by atoms with Crippen LogP contribution in [-0.2, 0) is 0 Å². The molecule has 17 heavy (non-hydrogen) atoms. The van der Waals surface area contributed by atoms with Crippen molar-refractivity contribution in [3.63, 3.8) is 0 Å². The van der Waals surface area contributed by atoms with Crippen LogP contribution in [0.3, 0.4) is 0 Å². The highest BCUT2D eigenvalue weighted by molar-refractivity contribution is 7.99. The van der Waals surface area contributed by atoms with Crippen LogP contribution in [0.25, 0.3) is 17.0 Å². The Bertz CT molecular complexity index is 557. The highest BCUT2D eigenvalue weighted by Gasteiger charge is 2.20. The van der Waals surface area contributed by atoms with E-state index < -0.39 is 0 Å². The molecule has 0 aliphatic heterocycles. The Balaban J connectivity index is 2.86. The third-order valence-corrected chi connectivity index (χ3v) is 3.31. The first kappa shape index (κ1) is 11.9. The predicted octanol–water partition coefficient (Wildman–Crippen LogP) is 3.90. The molecule has 2 aromatic rings. The molecular weight excluding hydrogens is 236 g/mol. The van der Waals surface area contributed by atoms with Crippen molar-refractivity contribution in [3.8, 4) is 11.5 Å². The molecule has 0 unspecified atom stereocenters. The van der Waals surface area contributed by atoms with E-state index in [4.69, 9.17) is 9.15 Å². The molecule has 90 valence electrons. The van der Waals surface area contributed by atoms with Gasteiger partial charge >= 0.3 is 0 Å². The summed E-state index contributed by atoms with van der Waals surface area (Å²) in [6.45, 7) is 6.15. The lowest BCUT2D eigenvalue weighted by Crippen LogP contribution is -1.97. The van der Waals surface area contributed by atoms with Crippen LogP contribution in [-0.4, -0.2) is 18.0 Å². The Hall–Kier alpha value is -1.55. The summed E-state index contributed by atoms with van der Waals surface area (Å²) in [6.07, 6.45) is 5.11. The predicted molar refractivity (Wildman–Crippen MR) is 70.9 cm³/mol. The molecule has 0 amide bonds. The van der Waals surface area contributed by atoms with Gasteiger partial charge in [0.15, 0.2) is 5.58 Å². The first-order chi connectivity index (χ1) is 8.24. The third-order valence-electron chi connectivity index (χ3n) is 2.53. The molecule has 0 aliphatic rings. The van der Waals surface area contributed by atoms with Gasteiger partial charge in [0.05, 0.1) is 28.7 Å². The van der Waals surface area contributed by atoms with Crippen LogP contribution in [0.15, 0.2) is 28.2 Å². The Morgan fingerprint density at radius 1 is 1.59 bits per heavy atom. The second-order valence-corrected chi connectivity index (χ2v) is 4.24. The van der Waals surface area contributed by atoms with Crippen molar-refractivity contribution >= 4 is 28.8 Å². The number of ether oxygens (including phenoxy) is 1. The first-order valence-electron chi connectivity index (χ1n) is 5.29. The molecule has 0 saturated carbocycles. The summed E-state index contributed by atoms with van der Waals surface area (Å²) in [4.78, 5) is 0.888. The number of aromatic hydroxyl groups is 1. The van der Waals surface area contributed by atoms with E-state index in [1.807, 2.05) is 13.2 Å². The van der Waals surface area contributed by atoms with Gasteiger partial charge in [-0.15, -0.1) is 11.8 Å². The largest absolute Gasteiger partial charge is 0.506 e. The van der Waals surface area contributed by atoms with Crippen molar-refractivity contribution in [2.75, 3.05) is 12.9 Å². The number of phenolic OH excluding ortho intramolecular Hbond substituents is 1. The fourth-order valence-electron chi connectivity index (χ4n) is 1.81. The van der Waals surface area contributed by atoms with Gasteiger partial charge in [-0.2, -0.15) is 0 Å². The van der Waals surface area contributed by atoms with Crippen LogP contribution in [0.5, 0.6) is 11.5 Å². The van der Waals surface area contributed by atoms with E-state index in [1.165, 1.54) is 11.8 Å². The topological polar surface area (TPSA) is 42.6 Å². The van der Waals surface area contributed by atoms with Gasteiger partial charge in [0.1, 0.15) is 11.5 Å². The van der Waals surface area contributed by atoms with Gasteiger partial charge in [-0.1, -0.05) is 12.7 Å². The molecule has 1 heterocycles. The first-order valence-corrected chi connectivity index (χ1v) is 6.52. The minimum absolute atomic E-state index is 0.157. The Kier molecular flexibility index (Phi) is 3.33. The second-order valence-electron chi connectivity index (χ2n) is 3.43. The minimum atomic E-state index is 0.157.